The minimum absolute atomic E-state index is 0.483. The first-order valence-corrected chi connectivity index (χ1v) is 5.09. The lowest BCUT2D eigenvalue weighted by Crippen LogP contribution is -1.89. The molecule has 0 N–H and O–H groups in total. The van der Waals surface area contributed by atoms with E-state index in [0.29, 0.717) is 5.15 Å². The Morgan fingerprint density at radius 1 is 1.43 bits per heavy atom. The number of hydrogen-bond acceptors (Lipinski definition) is 4. The van der Waals surface area contributed by atoms with E-state index in [2.05, 4.69) is 15.2 Å². The fraction of sp³-hybridized carbons (Fsp3) is 0.125. The molecule has 0 saturated heterocycles. The number of rotatable bonds is 2. The first-order valence-electron chi connectivity index (χ1n) is 3.90. The van der Waals surface area contributed by atoms with Crippen LogP contribution in [-0.4, -0.2) is 19.7 Å². The van der Waals surface area contributed by atoms with Crippen molar-refractivity contribution >= 4 is 23.4 Å². The van der Waals surface area contributed by atoms with E-state index in [4.69, 9.17) is 11.6 Å². The summed E-state index contributed by atoms with van der Waals surface area (Å²) in [5, 5.41) is 9.79. The highest BCUT2D eigenvalue weighted by atomic mass is 35.5. The lowest BCUT2D eigenvalue weighted by Gasteiger charge is -1.99. The van der Waals surface area contributed by atoms with Crippen LogP contribution in [0, 0.1) is 0 Å². The zero-order chi connectivity index (χ0) is 9.97. The maximum Gasteiger partial charge on any atom is 0.197 e. The molecule has 14 heavy (non-hydrogen) atoms. The van der Waals surface area contributed by atoms with E-state index in [-0.39, 0.29) is 0 Å². The molecule has 0 atom stereocenters. The molecule has 0 fully saturated rings. The summed E-state index contributed by atoms with van der Waals surface area (Å²) < 4.78 is 1.83. The molecule has 0 aliphatic carbocycles. The van der Waals surface area contributed by atoms with E-state index in [9.17, 15) is 0 Å². The summed E-state index contributed by atoms with van der Waals surface area (Å²) in [6, 6.07) is 5.47. The second-order valence-corrected chi connectivity index (χ2v) is 4.00. The van der Waals surface area contributed by atoms with Crippen molar-refractivity contribution in [1.29, 1.82) is 0 Å². The van der Waals surface area contributed by atoms with Crippen molar-refractivity contribution in [2.45, 2.75) is 10.2 Å². The van der Waals surface area contributed by atoms with Gasteiger partial charge in [0.05, 0.1) is 0 Å². The van der Waals surface area contributed by atoms with Crippen LogP contribution in [0.3, 0.4) is 0 Å². The highest BCUT2D eigenvalue weighted by Crippen LogP contribution is 2.23. The normalized spacial score (nSPS) is 10.4. The molecule has 0 amide bonds. The van der Waals surface area contributed by atoms with Gasteiger partial charge in [0, 0.05) is 7.05 Å². The zero-order valence-electron chi connectivity index (χ0n) is 7.38. The number of nitrogens with zero attached hydrogens (tertiary/aromatic N) is 4. The van der Waals surface area contributed by atoms with Gasteiger partial charge in [-0.3, -0.25) is 0 Å². The maximum absolute atomic E-state index is 5.76. The van der Waals surface area contributed by atoms with Gasteiger partial charge in [0.25, 0.3) is 0 Å². The minimum atomic E-state index is 0.483. The second kappa shape index (κ2) is 3.98. The summed E-state index contributed by atoms with van der Waals surface area (Å²) in [4.78, 5) is 4.14. The lowest BCUT2D eigenvalue weighted by atomic mass is 10.5. The molecule has 4 nitrogen and oxygen atoms in total. The number of aryl methyl sites for hydroxylation is 1. The van der Waals surface area contributed by atoms with E-state index >= 15 is 0 Å². The first kappa shape index (κ1) is 9.48. The van der Waals surface area contributed by atoms with Crippen LogP contribution in [0.5, 0.6) is 0 Å². The topological polar surface area (TPSA) is 43.6 Å². The standard InChI is InChI=1S/C8H7ClN4S/c1-13-5-10-12-8(13)14-7-4-2-3-6(9)11-7/h2-5H,1H3. The van der Waals surface area contributed by atoms with Crippen LogP contribution in [0.1, 0.15) is 0 Å². The summed E-state index contributed by atoms with van der Waals surface area (Å²) >= 11 is 7.19. The van der Waals surface area contributed by atoms with Crippen molar-refractivity contribution in [3.8, 4) is 0 Å². The molecular formula is C8H7ClN4S. The first-order chi connectivity index (χ1) is 6.75. The third-order valence-electron chi connectivity index (χ3n) is 1.56. The number of pyridine rings is 1. The lowest BCUT2D eigenvalue weighted by molar-refractivity contribution is 0.787. The summed E-state index contributed by atoms with van der Waals surface area (Å²) in [6.07, 6.45) is 1.65. The maximum atomic E-state index is 5.76. The molecule has 0 aliphatic rings. The Labute approximate surface area is 90.3 Å². The van der Waals surface area contributed by atoms with Gasteiger partial charge in [-0.1, -0.05) is 17.7 Å². The van der Waals surface area contributed by atoms with Gasteiger partial charge in [-0.2, -0.15) is 0 Å². The summed E-state index contributed by atoms with van der Waals surface area (Å²) in [5.74, 6) is 0. The molecule has 2 aromatic heterocycles. The molecule has 2 rings (SSSR count). The van der Waals surface area contributed by atoms with Gasteiger partial charge in [-0.15, -0.1) is 10.2 Å². The van der Waals surface area contributed by atoms with Crippen molar-refractivity contribution in [3.05, 3.63) is 29.7 Å². The Morgan fingerprint density at radius 2 is 2.29 bits per heavy atom. The number of aromatic nitrogens is 4. The molecule has 0 spiro atoms. The van der Waals surface area contributed by atoms with E-state index in [1.807, 2.05) is 23.7 Å². The molecule has 2 aromatic rings. The van der Waals surface area contributed by atoms with Crippen LogP contribution >= 0.6 is 23.4 Å². The molecular weight excluding hydrogens is 220 g/mol. The second-order valence-electron chi connectivity index (χ2n) is 2.63. The van der Waals surface area contributed by atoms with Crippen molar-refractivity contribution < 1.29 is 0 Å². The molecule has 6 heteroatoms. The van der Waals surface area contributed by atoms with Crippen molar-refractivity contribution in [2.24, 2.45) is 7.05 Å². The van der Waals surface area contributed by atoms with Crippen LogP contribution in [0.4, 0.5) is 0 Å². The summed E-state index contributed by atoms with van der Waals surface area (Å²) in [5.41, 5.74) is 0. The molecule has 72 valence electrons. The SMILES string of the molecule is Cn1cnnc1Sc1cccc(Cl)n1. The van der Waals surface area contributed by atoms with Crippen LogP contribution in [0.25, 0.3) is 0 Å². The van der Waals surface area contributed by atoms with Crippen molar-refractivity contribution in [1.82, 2.24) is 19.7 Å². The van der Waals surface area contributed by atoms with Crippen LogP contribution < -0.4 is 0 Å². The Hall–Kier alpha value is -1.07. The van der Waals surface area contributed by atoms with Crippen molar-refractivity contribution in [2.75, 3.05) is 0 Å². The van der Waals surface area contributed by atoms with Gasteiger partial charge >= 0.3 is 0 Å². The van der Waals surface area contributed by atoms with E-state index < -0.39 is 0 Å². The van der Waals surface area contributed by atoms with Gasteiger partial charge < -0.3 is 4.57 Å². The Kier molecular flexibility index (Phi) is 2.69. The molecule has 2 heterocycles. The van der Waals surface area contributed by atoms with Gasteiger partial charge in [0.2, 0.25) is 0 Å². The Balaban J connectivity index is 2.23. The Morgan fingerprint density at radius 3 is 2.93 bits per heavy atom. The Bertz CT molecular complexity index is 442. The molecule has 0 radical (unpaired) electrons. The molecule has 0 unspecified atom stereocenters. The molecule has 0 aromatic carbocycles. The zero-order valence-corrected chi connectivity index (χ0v) is 8.96. The minimum Gasteiger partial charge on any atom is -0.311 e. The van der Waals surface area contributed by atoms with E-state index in [1.165, 1.54) is 11.8 Å². The molecule has 0 bridgehead atoms. The van der Waals surface area contributed by atoms with Crippen LogP contribution in [0.2, 0.25) is 5.15 Å². The average Bonchev–Trinajstić information content (AvgIpc) is 2.52. The smallest absolute Gasteiger partial charge is 0.197 e. The largest absolute Gasteiger partial charge is 0.311 e. The van der Waals surface area contributed by atoms with E-state index in [1.54, 1.807) is 12.4 Å². The predicted octanol–water partition coefficient (Wildman–Crippen LogP) is 2.01. The highest BCUT2D eigenvalue weighted by Gasteiger charge is 2.04. The van der Waals surface area contributed by atoms with Gasteiger partial charge in [0.15, 0.2) is 5.16 Å². The molecule has 0 saturated carbocycles. The van der Waals surface area contributed by atoms with Gasteiger partial charge in [0.1, 0.15) is 16.5 Å². The number of halogens is 1. The third-order valence-corrected chi connectivity index (χ3v) is 2.75. The van der Waals surface area contributed by atoms with Gasteiger partial charge in [-0.25, -0.2) is 4.98 Å². The third kappa shape index (κ3) is 2.05. The van der Waals surface area contributed by atoms with Crippen LogP contribution in [-0.2, 0) is 7.05 Å². The fourth-order valence-electron chi connectivity index (χ4n) is 0.905. The van der Waals surface area contributed by atoms with Gasteiger partial charge in [-0.05, 0) is 23.9 Å². The predicted molar refractivity (Wildman–Crippen MR) is 54.4 cm³/mol. The highest BCUT2D eigenvalue weighted by molar-refractivity contribution is 7.99. The quantitative estimate of drug-likeness (QED) is 0.735. The summed E-state index contributed by atoms with van der Waals surface area (Å²) in [7, 11) is 1.88. The summed E-state index contributed by atoms with van der Waals surface area (Å²) in [6.45, 7) is 0. The fourth-order valence-corrected chi connectivity index (χ4v) is 1.88. The monoisotopic (exact) mass is 226 g/mol. The molecule has 0 aliphatic heterocycles. The average molecular weight is 227 g/mol. The number of hydrogen-bond donors (Lipinski definition) is 0. The van der Waals surface area contributed by atoms with E-state index in [0.717, 1.165) is 10.2 Å². The van der Waals surface area contributed by atoms with Crippen molar-refractivity contribution in [3.63, 3.8) is 0 Å². The van der Waals surface area contributed by atoms with Crippen LogP contribution in [0.15, 0.2) is 34.7 Å².